The highest BCUT2D eigenvalue weighted by Gasteiger charge is 2.26. The zero-order chi connectivity index (χ0) is 14.0. The number of hydrogen-bond donors (Lipinski definition) is 1. The molecule has 2 rings (SSSR count). The van der Waals surface area contributed by atoms with Crippen LogP contribution in [0.25, 0.3) is 0 Å². The van der Waals surface area contributed by atoms with Gasteiger partial charge in [-0.25, -0.2) is 4.79 Å². The standard InChI is InChI=1S/C13H15BrO5/c1-7-8(10(15)13(16)17-2)6-9(14)12-11(7)18-4-3-5-19-12/h6,10,15H,3-5H2,1-2H3. The van der Waals surface area contributed by atoms with Crippen molar-refractivity contribution in [1.29, 1.82) is 0 Å². The summed E-state index contributed by atoms with van der Waals surface area (Å²) < 4.78 is 16.5. The molecule has 5 nitrogen and oxygen atoms in total. The molecule has 0 aliphatic carbocycles. The number of halogens is 1. The molecule has 1 aromatic rings. The van der Waals surface area contributed by atoms with Crippen LogP contribution in [0, 0.1) is 6.92 Å². The van der Waals surface area contributed by atoms with E-state index in [2.05, 4.69) is 20.7 Å². The van der Waals surface area contributed by atoms with Crippen molar-refractivity contribution in [2.75, 3.05) is 20.3 Å². The summed E-state index contributed by atoms with van der Waals surface area (Å²) >= 11 is 3.37. The van der Waals surface area contributed by atoms with Crippen molar-refractivity contribution in [3.8, 4) is 11.5 Å². The minimum Gasteiger partial charge on any atom is -0.489 e. The van der Waals surface area contributed by atoms with Crippen molar-refractivity contribution < 1.29 is 24.1 Å². The molecule has 104 valence electrons. The van der Waals surface area contributed by atoms with Gasteiger partial charge >= 0.3 is 5.97 Å². The Balaban J connectivity index is 2.50. The van der Waals surface area contributed by atoms with Crippen molar-refractivity contribution in [3.05, 3.63) is 21.7 Å². The summed E-state index contributed by atoms with van der Waals surface area (Å²) in [5.41, 5.74) is 1.13. The summed E-state index contributed by atoms with van der Waals surface area (Å²) in [6.07, 6.45) is -0.548. The van der Waals surface area contributed by atoms with Gasteiger partial charge in [0.1, 0.15) is 0 Å². The molecule has 0 aromatic heterocycles. The van der Waals surface area contributed by atoms with Crippen LogP contribution in [-0.4, -0.2) is 31.4 Å². The summed E-state index contributed by atoms with van der Waals surface area (Å²) in [5.74, 6) is 0.463. The lowest BCUT2D eigenvalue weighted by molar-refractivity contribution is -0.150. The Morgan fingerprint density at radius 3 is 2.68 bits per heavy atom. The Morgan fingerprint density at radius 2 is 2.05 bits per heavy atom. The molecule has 0 saturated heterocycles. The molecule has 1 N–H and O–H groups in total. The third kappa shape index (κ3) is 2.69. The number of methoxy groups -OCH3 is 1. The predicted octanol–water partition coefficient (Wildman–Crippen LogP) is 2.13. The van der Waals surface area contributed by atoms with Gasteiger partial charge in [-0.15, -0.1) is 0 Å². The third-order valence-electron chi connectivity index (χ3n) is 2.98. The first-order valence-corrected chi connectivity index (χ1v) is 6.70. The first-order chi connectivity index (χ1) is 9.06. The smallest absolute Gasteiger partial charge is 0.339 e. The minimum atomic E-state index is -1.33. The molecule has 1 aromatic carbocycles. The highest BCUT2D eigenvalue weighted by atomic mass is 79.9. The number of ether oxygens (including phenoxy) is 3. The van der Waals surface area contributed by atoms with E-state index in [1.165, 1.54) is 7.11 Å². The molecule has 1 atom stereocenters. The quantitative estimate of drug-likeness (QED) is 0.841. The molecule has 6 heteroatoms. The molecular formula is C13H15BrO5. The molecule has 0 saturated carbocycles. The van der Waals surface area contributed by atoms with Gasteiger partial charge < -0.3 is 19.3 Å². The number of benzene rings is 1. The van der Waals surface area contributed by atoms with Gasteiger partial charge in [0.25, 0.3) is 0 Å². The maximum absolute atomic E-state index is 11.5. The zero-order valence-electron chi connectivity index (χ0n) is 10.7. The Kier molecular flexibility index (Phi) is 4.31. The Labute approximate surface area is 119 Å². The maximum atomic E-state index is 11.5. The van der Waals surface area contributed by atoms with Crippen LogP contribution in [0.5, 0.6) is 11.5 Å². The second kappa shape index (κ2) is 5.79. The highest BCUT2D eigenvalue weighted by Crippen LogP contribution is 2.43. The van der Waals surface area contributed by atoms with Crippen LogP contribution in [0.15, 0.2) is 10.5 Å². The minimum absolute atomic E-state index is 0.447. The topological polar surface area (TPSA) is 65.0 Å². The van der Waals surface area contributed by atoms with Crippen LogP contribution < -0.4 is 9.47 Å². The summed E-state index contributed by atoms with van der Waals surface area (Å²) in [6.45, 7) is 2.89. The van der Waals surface area contributed by atoms with Gasteiger partial charge in [0.2, 0.25) is 0 Å². The van der Waals surface area contributed by atoms with Crippen molar-refractivity contribution in [3.63, 3.8) is 0 Å². The summed E-state index contributed by atoms with van der Waals surface area (Å²) in [5, 5.41) is 9.97. The molecule has 1 aliphatic rings. The van der Waals surface area contributed by atoms with Crippen LogP contribution in [0.3, 0.4) is 0 Å². The molecule has 0 amide bonds. The first-order valence-electron chi connectivity index (χ1n) is 5.90. The average molecular weight is 331 g/mol. The van der Waals surface area contributed by atoms with E-state index in [1.54, 1.807) is 13.0 Å². The lowest BCUT2D eigenvalue weighted by atomic mass is 10.0. The van der Waals surface area contributed by atoms with E-state index >= 15 is 0 Å². The SMILES string of the molecule is COC(=O)C(O)c1cc(Br)c2c(c1C)OCCCO2. The number of aliphatic hydroxyl groups excluding tert-OH is 1. The van der Waals surface area contributed by atoms with E-state index in [0.29, 0.717) is 40.3 Å². The lowest BCUT2D eigenvalue weighted by Gasteiger charge is -2.18. The van der Waals surface area contributed by atoms with Gasteiger partial charge in [0, 0.05) is 12.0 Å². The molecule has 0 radical (unpaired) electrons. The van der Waals surface area contributed by atoms with Crippen LogP contribution >= 0.6 is 15.9 Å². The van der Waals surface area contributed by atoms with Crippen LogP contribution in [0.2, 0.25) is 0 Å². The molecule has 1 unspecified atom stereocenters. The summed E-state index contributed by atoms with van der Waals surface area (Å²) in [7, 11) is 1.24. The fourth-order valence-corrected chi connectivity index (χ4v) is 2.50. The Bertz CT molecular complexity index is 500. The molecular weight excluding hydrogens is 316 g/mol. The van der Waals surface area contributed by atoms with Gasteiger partial charge in [0.15, 0.2) is 17.6 Å². The molecule has 19 heavy (non-hydrogen) atoms. The number of esters is 1. The average Bonchev–Trinajstić information content (AvgIpc) is 2.67. The van der Waals surface area contributed by atoms with E-state index in [4.69, 9.17) is 9.47 Å². The molecule has 0 spiro atoms. The fraction of sp³-hybridized carbons (Fsp3) is 0.462. The van der Waals surface area contributed by atoms with E-state index < -0.39 is 12.1 Å². The van der Waals surface area contributed by atoms with Crippen molar-refractivity contribution in [2.24, 2.45) is 0 Å². The second-order valence-corrected chi connectivity index (χ2v) is 5.06. The van der Waals surface area contributed by atoms with E-state index in [0.717, 1.165) is 6.42 Å². The lowest BCUT2D eigenvalue weighted by Crippen LogP contribution is -2.15. The van der Waals surface area contributed by atoms with Crippen molar-refractivity contribution in [2.45, 2.75) is 19.4 Å². The molecule has 0 bridgehead atoms. The monoisotopic (exact) mass is 330 g/mol. The van der Waals surface area contributed by atoms with E-state index in [-0.39, 0.29) is 0 Å². The van der Waals surface area contributed by atoms with Gasteiger partial charge in [0.05, 0.1) is 24.8 Å². The second-order valence-electron chi connectivity index (χ2n) is 4.21. The first kappa shape index (κ1) is 14.1. The Hall–Kier alpha value is -1.27. The van der Waals surface area contributed by atoms with E-state index in [9.17, 15) is 9.90 Å². The normalized spacial score (nSPS) is 15.6. The molecule has 0 fully saturated rings. The number of aliphatic hydroxyl groups is 1. The number of carbonyl (C=O) groups is 1. The number of rotatable bonds is 2. The Morgan fingerprint density at radius 1 is 1.42 bits per heavy atom. The fourth-order valence-electron chi connectivity index (χ4n) is 1.96. The molecule has 1 heterocycles. The third-order valence-corrected chi connectivity index (χ3v) is 3.57. The maximum Gasteiger partial charge on any atom is 0.339 e. The van der Waals surface area contributed by atoms with Crippen molar-refractivity contribution >= 4 is 21.9 Å². The number of carbonyl (C=O) groups excluding carboxylic acids is 1. The number of hydrogen-bond acceptors (Lipinski definition) is 5. The van der Waals surface area contributed by atoms with Crippen molar-refractivity contribution in [1.82, 2.24) is 0 Å². The van der Waals surface area contributed by atoms with Gasteiger partial charge in [-0.2, -0.15) is 0 Å². The highest BCUT2D eigenvalue weighted by molar-refractivity contribution is 9.10. The summed E-state index contributed by atoms with van der Waals surface area (Å²) in [6, 6.07) is 1.66. The largest absolute Gasteiger partial charge is 0.489 e. The van der Waals surface area contributed by atoms with E-state index in [1.807, 2.05) is 0 Å². The molecule has 1 aliphatic heterocycles. The van der Waals surface area contributed by atoms with Gasteiger partial charge in [-0.1, -0.05) is 0 Å². The van der Waals surface area contributed by atoms with Crippen LogP contribution in [-0.2, 0) is 9.53 Å². The summed E-state index contributed by atoms with van der Waals surface area (Å²) in [4.78, 5) is 11.5. The number of fused-ring (bicyclic) bond motifs is 1. The van der Waals surface area contributed by atoms with Crippen LogP contribution in [0.4, 0.5) is 0 Å². The van der Waals surface area contributed by atoms with Gasteiger partial charge in [-0.3, -0.25) is 0 Å². The predicted molar refractivity (Wildman–Crippen MR) is 71.5 cm³/mol. The van der Waals surface area contributed by atoms with Crippen LogP contribution in [0.1, 0.15) is 23.7 Å². The van der Waals surface area contributed by atoms with Gasteiger partial charge in [-0.05, 0) is 34.5 Å². The zero-order valence-corrected chi connectivity index (χ0v) is 12.3.